The number of nitrogens with one attached hydrogen (secondary N) is 1. The van der Waals surface area contributed by atoms with Gasteiger partial charge in [-0.2, -0.15) is 0 Å². The van der Waals surface area contributed by atoms with Gasteiger partial charge in [0.25, 0.3) is 0 Å². The highest BCUT2D eigenvalue weighted by Gasteiger charge is 2.22. The van der Waals surface area contributed by atoms with Crippen LogP contribution in [0.15, 0.2) is 0 Å². The number of aliphatic carboxylic acids is 1. The van der Waals surface area contributed by atoms with Crippen molar-refractivity contribution in [3.05, 3.63) is 0 Å². The van der Waals surface area contributed by atoms with Gasteiger partial charge < -0.3 is 15.2 Å². The van der Waals surface area contributed by atoms with Crippen LogP contribution >= 0.6 is 0 Å². The van der Waals surface area contributed by atoms with Crippen molar-refractivity contribution in [1.29, 1.82) is 0 Å². The topological polar surface area (TPSA) is 78.9 Å². The highest BCUT2D eigenvalue weighted by molar-refractivity contribution is 5.82. The van der Waals surface area contributed by atoms with Crippen molar-refractivity contribution in [2.24, 2.45) is 0 Å². The van der Waals surface area contributed by atoms with E-state index in [2.05, 4.69) is 11.2 Å². The molecule has 0 saturated heterocycles. The molecule has 0 aliphatic rings. The van der Waals surface area contributed by atoms with Gasteiger partial charge in [-0.3, -0.25) is 14.5 Å². The third-order valence-electron chi connectivity index (χ3n) is 2.21. The van der Waals surface area contributed by atoms with E-state index in [0.29, 0.717) is 13.2 Å². The number of nitrogens with zero attached hydrogens (tertiary/aromatic N) is 1. The molecule has 0 aliphatic carbocycles. The second-order valence-corrected chi connectivity index (χ2v) is 3.45. The Hall–Kier alpha value is -1.58. The van der Waals surface area contributed by atoms with Crippen LogP contribution in [0.1, 0.15) is 6.92 Å². The number of amides is 1. The Morgan fingerprint density at radius 1 is 1.59 bits per heavy atom. The monoisotopic (exact) mass is 242 g/mol. The summed E-state index contributed by atoms with van der Waals surface area (Å²) < 4.78 is 4.87. The van der Waals surface area contributed by atoms with Crippen molar-refractivity contribution in [3.8, 4) is 12.3 Å². The van der Waals surface area contributed by atoms with Crippen LogP contribution in [0, 0.1) is 12.3 Å². The summed E-state index contributed by atoms with van der Waals surface area (Å²) in [7, 11) is 1.52. The smallest absolute Gasteiger partial charge is 0.317 e. The van der Waals surface area contributed by atoms with E-state index >= 15 is 0 Å². The minimum atomic E-state index is -0.988. The number of carboxylic acids is 1. The van der Waals surface area contributed by atoms with Crippen LogP contribution in [-0.4, -0.2) is 61.3 Å². The van der Waals surface area contributed by atoms with Crippen molar-refractivity contribution in [2.45, 2.75) is 13.0 Å². The minimum absolute atomic E-state index is 0.133. The maximum absolute atomic E-state index is 11.6. The zero-order valence-electron chi connectivity index (χ0n) is 10.1. The molecule has 0 fully saturated rings. The first-order chi connectivity index (χ1) is 8.02. The first kappa shape index (κ1) is 15.4. The predicted molar refractivity (Wildman–Crippen MR) is 62.4 cm³/mol. The number of hydrogen-bond donors (Lipinski definition) is 2. The van der Waals surface area contributed by atoms with Gasteiger partial charge in [-0.1, -0.05) is 5.92 Å². The summed E-state index contributed by atoms with van der Waals surface area (Å²) >= 11 is 0. The summed E-state index contributed by atoms with van der Waals surface area (Å²) in [4.78, 5) is 23.8. The maximum Gasteiger partial charge on any atom is 0.317 e. The summed E-state index contributed by atoms with van der Waals surface area (Å²) in [5, 5.41) is 11.3. The molecule has 0 aliphatic heterocycles. The van der Waals surface area contributed by atoms with Gasteiger partial charge in [0.15, 0.2) is 0 Å². The zero-order chi connectivity index (χ0) is 13.3. The van der Waals surface area contributed by atoms with Gasteiger partial charge >= 0.3 is 5.97 Å². The Balaban J connectivity index is 4.39. The molecule has 1 atom stereocenters. The lowest BCUT2D eigenvalue weighted by Crippen LogP contribution is -2.48. The molecule has 6 heteroatoms. The van der Waals surface area contributed by atoms with Crippen LogP contribution < -0.4 is 5.32 Å². The number of terminal acetylenes is 1. The Morgan fingerprint density at radius 2 is 2.24 bits per heavy atom. The highest BCUT2D eigenvalue weighted by atomic mass is 16.5. The van der Waals surface area contributed by atoms with E-state index in [1.165, 1.54) is 12.0 Å². The number of carboxylic acid groups (broad SMARTS) is 1. The molecule has 2 N–H and O–H groups in total. The lowest BCUT2D eigenvalue weighted by molar-refractivity contribution is -0.140. The van der Waals surface area contributed by atoms with E-state index in [0.717, 1.165) is 0 Å². The molecule has 96 valence electrons. The Bertz CT molecular complexity index is 298. The van der Waals surface area contributed by atoms with Crippen molar-refractivity contribution in [1.82, 2.24) is 10.2 Å². The maximum atomic E-state index is 11.6. The minimum Gasteiger partial charge on any atom is -0.480 e. The molecule has 0 rings (SSSR count). The number of carbonyl (C=O) groups is 2. The second-order valence-electron chi connectivity index (χ2n) is 3.45. The normalized spacial score (nSPS) is 11.9. The Morgan fingerprint density at radius 3 is 2.71 bits per heavy atom. The van der Waals surface area contributed by atoms with Crippen molar-refractivity contribution in [2.75, 3.05) is 33.4 Å². The van der Waals surface area contributed by atoms with E-state index in [1.807, 2.05) is 0 Å². The van der Waals surface area contributed by atoms with Crippen LogP contribution in [0.3, 0.4) is 0 Å². The average molecular weight is 242 g/mol. The number of rotatable bonds is 8. The van der Waals surface area contributed by atoms with Gasteiger partial charge in [-0.15, -0.1) is 6.42 Å². The summed E-state index contributed by atoms with van der Waals surface area (Å²) in [6.07, 6.45) is 5.02. The van der Waals surface area contributed by atoms with E-state index in [1.54, 1.807) is 6.92 Å². The van der Waals surface area contributed by atoms with Crippen molar-refractivity contribution < 1.29 is 19.4 Å². The fraction of sp³-hybridized carbons (Fsp3) is 0.636. The van der Waals surface area contributed by atoms with Gasteiger partial charge in [0, 0.05) is 13.7 Å². The summed E-state index contributed by atoms with van der Waals surface area (Å²) in [5.41, 5.74) is 0. The number of methoxy groups -OCH3 is 1. The molecule has 0 spiro atoms. The summed E-state index contributed by atoms with van der Waals surface area (Å²) in [5.74, 6) is 1.01. The van der Waals surface area contributed by atoms with Crippen LogP contribution in [0.4, 0.5) is 0 Å². The molecule has 0 aromatic heterocycles. The largest absolute Gasteiger partial charge is 0.480 e. The first-order valence-corrected chi connectivity index (χ1v) is 5.18. The molecule has 6 nitrogen and oxygen atoms in total. The molecular weight excluding hydrogens is 224 g/mol. The number of ether oxygens (including phenoxy) is 1. The van der Waals surface area contributed by atoms with Crippen LogP contribution in [-0.2, 0) is 14.3 Å². The molecule has 0 saturated carbocycles. The van der Waals surface area contributed by atoms with Crippen molar-refractivity contribution >= 4 is 11.9 Å². The van der Waals surface area contributed by atoms with E-state index in [4.69, 9.17) is 16.3 Å². The van der Waals surface area contributed by atoms with E-state index < -0.39 is 12.0 Å². The van der Waals surface area contributed by atoms with Gasteiger partial charge in [-0.25, -0.2) is 0 Å². The van der Waals surface area contributed by atoms with Gasteiger partial charge in [0.1, 0.15) is 0 Å². The fourth-order valence-corrected chi connectivity index (χ4v) is 1.24. The lowest BCUT2D eigenvalue weighted by Gasteiger charge is -2.25. The van der Waals surface area contributed by atoms with Crippen LogP contribution in [0.5, 0.6) is 0 Å². The molecule has 0 aromatic rings. The number of carbonyl (C=O) groups excluding carboxylic acids is 1. The molecule has 1 unspecified atom stereocenters. The summed E-state index contributed by atoms with van der Waals surface area (Å²) in [6, 6.07) is -0.561. The van der Waals surface area contributed by atoms with E-state index in [-0.39, 0.29) is 19.0 Å². The molecule has 0 aromatic carbocycles. The molecule has 0 radical (unpaired) electrons. The van der Waals surface area contributed by atoms with Crippen LogP contribution in [0.25, 0.3) is 0 Å². The quantitative estimate of drug-likeness (QED) is 0.542. The standard InChI is InChI=1S/C11H18N2O4/c1-4-5-12-11(16)9(2)13(6-7-17-3)8-10(14)15/h1,9H,5-8H2,2-3H3,(H,12,16)(H,14,15). The highest BCUT2D eigenvalue weighted by Crippen LogP contribution is 1.99. The SMILES string of the molecule is C#CCNC(=O)C(C)N(CCOC)CC(=O)O. The number of hydrogen-bond acceptors (Lipinski definition) is 4. The van der Waals surface area contributed by atoms with Crippen LogP contribution in [0.2, 0.25) is 0 Å². The Labute approximate surface area is 101 Å². The molecule has 17 heavy (non-hydrogen) atoms. The third-order valence-corrected chi connectivity index (χ3v) is 2.21. The summed E-state index contributed by atoms with van der Waals surface area (Å²) in [6.45, 7) is 2.28. The predicted octanol–water partition coefficient (Wildman–Crippen LogP) is -0.843. The molecule has 1 amide bonds. The fourth-order valence-electron chi connectivity index (χ4n) is 1.24. The Kier molecular flexibility index (Phi) is 7.76. The first-order valence-electron chi connectivity index (χ1n) is 5.18. The molecule has 0 bridgehead atoms. The third kappa shape index (κ3) is 6.56. The van der Waals surface area contributed by atoms with Gasteiger partial charge in [-0.05, 0) is 6.92 Å². The van der Waals surface area contributed by atoms with Crippen molar-refractivity contribution in [3.63, 3.8) is 0 Å². The van der Waals surface area contributed by atoms with Gasteiger partial charge in [0.05, 0.1) is 25.7 Å². The van der Waals surface area contributed by atoms with E-state index in [9.17, 15) is 9.59 Å². The molecular formula is C11H18N2O4. The lowest BCUT2D eigenvalue weighted by atomic mass is 10.2. The average Bonchev–Trinajstić information content (AvgIpc) is 2.29. The second kappa shape index (κ2) is 8.56. The van der Waals surface area contributed by atoms with Gasteiger partial charge in [0.2, 0.25) is 5.91 Å². The zero-order valence-corrected chi connectivity index (χ0v) is 10.1. The molecule has 0 heterocycles.